The zero-order chi connectivity index (χ0) is 21.4. The molecule has 0 unspecified atom stereocenters. The van der Waals surface area contributed by atoms with Crippen molar-refractivity contribution >= 4 is 23.6 Å². The molecule has 2 rings (SSSR count). The second-order valence-corrected chi connectivity index (χ2v) is 7.43. The molecular weight excluding hydrogens is 398 g/mol. The van der Waals surface area contributed by atoms with E-state index in [1.165, 1.54) is 14.2 Å². The predicted octanol–water partition coefficient (Wildman–Crippen LogP) is 2.55. The predicted molar refractivity (Wildman–Crippen MR) is 107 cm³/mol. The summed E-state index contributed by atoms with van der Waals surface area (Å²) in [7, 11) is 4.39. The van der Waals surface area contributed by atoms with E-state index in [-0.39, 0.29) is 22.8 Å². The second-order valence-electron chi connectivity index (χ2n) is 6.50. The van der Waals surface area contributed by atoms with Gasteiger partial charge in [0.25, 0.3) is 5.22 Å². The first-order valence-electron chi connectivity index (χ1n) is 8.93. The molecule has 0 radical (unpaired) electrons. The summed E-state index contributed by atoms with van der Waals surface area (Å²) in [6, 6.07) is 4.54. The summed E-state index contributed by atoms with van der Waals surface area (Å²) in [4.78, 5) is 24.0. The highest BCUT2D eigenvalue weighted by molar-refractivity contribution is 7.99. The van der Waals surface area contributed by atoms with Crippen molar-refractivity contribution < 1.29 is 28.2 Å². The minimum absolute atomic E-state index is 0.0269. The third-order valence-electron chi connectivity index (χ3n) is 3.89. The second kappa shape index (κ2) is 10.7. The van der Waals surface area contributed by atoms with Crippen LogP contribution in [0.5, 0.6) is 11.5 Å². The van der Waals surface area contributed by atoms with Crippen molar-refractivity contribution in [3.8, 4) is 23.0 Å². The third-order valence-corrected chi connectivity index (χ3v) is 4.71. The fraction of sp³-hybridized carbons (Fsp3) is 0.474. The van der Waals surface area contributed by atoms with Gasteiger partial charge < -0.3 is 23.9 Å². The first-order valence-corrected chi connectivity index (χ1v) is 9.92. The third kappa shape index (κ3) is 6.38. The lowest BCUT2D eigenvalue weighted by Gasteiger charge is -2.17. The fourth-order valence-corrected chi connectivity index (χ4v) is 3.12. The largest absolute Gasteiger partial charge is 0.493 e. The molecule has 1 heterocycles. The van der Waals surface area contributed by atoms with E-state index in [9.17, 15) is 9.59 Å². The number of nitrogens with one attached hydrogen (secondary N) is 1. The number of rotatable bonds is 10. The van der Waals surface area contributed by atoms with Crippen molar-refractivity contribution in [2.45, 2.75) is 31.5 Å². The monoisotopic (exact) mass is 423 g/mol. The van der Waals surface area contributed by atoms with Crippen LogP contribution in [0.4, 0.5) is 0 Å². The zero-order valence-electron chi connectivity index (χ0n) is 17.1. The molecule has 1 aromatic heterocycles. The lowest BCUT2D eigenvalue weighted by molar-refractivity contribution is -0.145. The molecule has 0 aliphatic carbocycles. The summed E-state index contributed by atoms with van der Waals surface area (Å²) < 4.78 is 20.8. The van der Waals surface area contributed by atoms with Gasteiger partial charge in [0.05, 0.1) is 27.1 Å². The normalized spacial score (nSPS) is 11.8. The summed E-state index contributed by atoms with van der Waals surface area (Å²) >= 11 is 1.08. The summed E-state index contributed by atoms with van der Waals surface area (Å²) in [5.41, 5.74) is 0.661. The number of nitrogens with zero attached hydrogens (tertiary/aromatic N) is 2. The SMILES string of the molecule is COC(=O)[C@@H](CC(C)C)NC(=O)CSc1nnc(-c2ccc(OC)c(OC)c2)o1. The zero-order valence-corrected chi connectivity index (χ0v) is 17.9. The summed E-state index contributed by atoms with van der Waals surface area (Å²) in [5, 5.41) is 10.9. The Labute approximate surface area is 173 Å². The highest BCUT2D eigenvalue weighted by Crippen LogP contribution is 2.32. The Morgan fingerprint density at radius 1 is 1.14 bits per heavy atom. The van der Waals surface area contributed by atoms with E-state index in [1.807, 2.05) is 13.8 Å². The van der Waals surface area contributed by atoms with Crippen molar-refractivity contribution in [3.63, 3.8) is 0 Å². The molecule has 0 bridgehead atoms. The molecule has 29 heavy (non-hydrogen) atoms. The molecule has 0 saturated heterocycles. The van der Waals surface area contributed by atoms with Gasteiger partial charge in [-0.05, 0) is 30.5 Å². The van der Waals surface area contributed by atoms with Gasteiger partial charge in [-0.2, -0.15) is 0 Å². The van der Waals surface area contributed by atoms with E-state index in [0.717, 1.165) is 11.8 Å². The Morgan fingerprint density at radius 3 is 2.48 bits per heavy atom. The first-order chi connectivity index (χ1) is 13.9. The maximum absolute atomic E-state index is 12.2. The Hall–Kier alpha value is -2.75. The average Bonchev–Trinajstić information content (AvgIpc) is 3.19. The van der Waals surface area contributed by atoms with Gasteiger partial charge in [-0.25, -0.2) is 4.79 Å². The minimum Gasteiger partial charge on any atom is -0.493 e. The van der Waals surface area contributed by atoms with E-state index in [0.29, 0.717) is 29.4 Å². The van der Waals surface area contributed by atoms with E-state index in [2.05, 4.69) is 15.5 Å². The lowest BCUT2D eigenvalue weighted by atomic mass is 10.0. The number of benzene rings is 1. The molecule has 0 fully saturated rings. The number of methoxy groups -OCH3 is 3. The average molecular weight is 423 g/mol. The topological polar surface area (TPSA) is 113 Å². The maximum atomic E-state index is 12.2. The molecule has 2 aromatic rings. The molecule has 0 aliphatic heterocycles. The first kappa shape index (κ1) is 22.5. The van der Waals surface area contributed by atoms with Crippen molar-refractivity contribution in [1.82, 2.24) is 15.5 Å². The molecular formula is C19H25N3O6S. The summed E-state index contributed by atoms with van der Waals surface area (Å²) in [6.45, 7) is 3.93. The van der Waals surface area contributed by atoms with Crippen molar-refractivity contribution in [3.05, 3.63) is 18.2 Å². The number of thioether (sulfide) groups is 1. The molecule has 0 spiro atoms. The van der Waals surface area contributed by atoms with E-state index in [1.54, 1.807) is 25.3 Å². The Kier molecular flexibility index (Phi) is 8.32. The molecule has 9 nitrogen and oxygen atoms in total. The number of esters is 1. The highest BCUT2D eigenvalue weighted by atomic mass is 32.2. The molecule has 1 N–H and O–H groups in total. The van der Waals surface area contributed by atoms with Crippen LogP contribution in [-0.2, 0) is 14.3 Å². The molecule has 0 aliphatic rings. The Bertz CT molecular complexity index is 839. The van der Waals surface area contributed by atoms with Gasteiger partial charge in [-0.3, -0.25) is 4.79 Å². The lowest BCUT2D eigenvalue weighted by Crippen LogP contribution is -2.43. The molecule has 1 aromatic carbocycles. The minimum atomic E-state index is -0.682. The molecule has 158 valence electrons. The van der Waals surface area contributed by atoms with Gasteiger partial charge in [0, 0.05) is 5.56 Å². The molecule has 1 atom stereocenters. The smallest absolute Gasteiger partial charge is 0.328 e. The molecule has 0 saturated carbocycles. The Morgan fingerprint density at radius 2 is 1.86 bits per heavy atom. The van der Waals surface area contributed by atoms with Gasteiger partial charge in [-0.15, -0.1) is 10.2 Å². The van der Waals surface area contributed by atoms with Crippen LogP contribution in [0.3, 0.4) is 0 Å². The summed E-state index contributed by atoms with van der Waals surface area (Å²) in [6.07, 6.45) is 0.493. The van der Waals surface area contributed by atoms with Crippen LogP contribution in [0.2, 0.25) is 0 Å². The van der Waals surface area contributed by atoms with Crippen LogP contribution in [0.1, 0.15) is 20.3 Å². The summed E-state index contributed by atoms with van der Waals surface area (Å²) in [5.74, 6) is 0.883. The Balaban J connectivity index is 1.98. The van der Waals surface area contributed by atoms with Crippen LogP contribution >= 0.6 is 11.8 Å². The van der Waals surface area contributed by atoms with Gasteiger partial charge in [0.15, 0.2) is 11.5 Å². The number of carbonyl (C=O) groups is 2. The van der Waals surface area contributed by atoms with Gasteiger partial charge in [0.1, 0.15) is 6.04 Å². The fourth-order valence-electron chi connectivity index (χ4n) is 2.55. The molecule has 10 heteroatoms. The number of ether oxygens (including phenoxy) is 3. The quantitative estimate of drug-likeness (QED) is 0.455. The van der Waals surface area contributed by atoms with E-state index < -0.39 is 12.0 Å². The van der Waals surface area contributed by atoms with Crippen LogP contribution in [-0.4, -0.2) is 55.2 Å². The highest BCUT2D eigenvalue weighted by Gasteiger charge is 2.23. The molecule has 1 amide bonds. The number of hydrogen-bond acceptors (Lipinski definition) is 9. The van der Waals surface area contributed by atoms with E-state index in [4.69, 9.17) is 18.6 Å². The maximum Gasteiger partial charge on any atom is 0.328 e. The van der Waals surface area contributed by atoms with Gasteiger partial charge in [0.2, 0.25) is 11.8 Å². The van der Waals surface area contributed by atoms with E-state index >= 15 is 0 Å². The van der Waals surface area contributed by atoms with Gasteiger partial charge >= 0.3 is 5.97 Å². The standard InChI is InChI=1S/C19H25N3O6S/c1-11(2)8-13(18(24)27-5)20-16(23)10-29-19-22-21-17(28-19)12-6-7-14(25-3)15(9-12)26-4/h6-7,9,11,13H,8,10H2,1-5H3,(H,20,23)/t13-/m1/s1. The van der Waals surface area contributed by atoms with Crippen LogP contribution in [0, 0.1) is 5.92 Å². The number of aromatic nitrogens is 2. The van der Waals surface area contributed by atoms with Gasteiger partial charge in [-0.1, -0.05) is 25.6 Å². The van der Waals surface area contributed by atoms with Crippen LogP contribution < -0.4 is 14.8 Å². The number of carbonyl (C=O) groups excluding carboxylic acids is 2. The van der Waals surface area contributed by atoms with Crippen molar-refractivity contribution in [2.75, 3.05) is 27.1 Å². The number of hydrogen-bond donors (Lipinski definition) is 1. The number of amides is 1. The van der Waals surface area contributed by atoms with Crippen molar-refractivity contribution in [1.29, 1.82) is 0 Å². The van der Waals surface area contributed by atoms with Crippen molar-refractivity contribution in [2.24, 2.45) is 5.92 Å². The van der Waals surface area contributed by atoms with Crippen LogP contribution in [0.25, 0.3) is 11.5 Å². The van der Waals surface area contributed by atoms with Crippen LogP contribution in [0.15, 0.2) is 27.8 Å².